The zero-order chi connectivity index (χ0) is 19.0. The predicted molar refractivity (Wildman–Crippen MR) is 106 cm³/mol. The van der Waals surface area contributed by atoms with Gasteiger partial charge in [0.1, 0.15) is 6.54 Å². The number of carbonyl (C=O) groups excluding carboxylic acids is 1. The minimum absolute atomic E-state index is 0. The van der Waals surface area contributed by atoms with Crippen LogP contribution in [0.4, 0.5) is 0 Å². The maximum Gasteiger partial charge on any atom is 0.306 e. The first-order valence-corrected chi connectivity index (χ1v) is 10.6. The van der Waals surface area contributed by atoms with Crippen molar-refractivity contribution in [1.82, 2.24) is 0 Å². The Labute approximate surface area is 173 Å². The number of halogens is 1. The predicted octanol–water partition coefficient (Wildman–Crippen LogP) is 1.69. The quantitative estimate of drug-likeness (QED) is 0.214. The lowest BCUT2D eigenvalue weighted by atomic mass is 10.1. The summed E-state index contributed by atoms with van der Waals surface area (Å²) in [5, 5.41) is 9.41. The van der Waals surface area contributed by atoms with Crippen molar-refractivity contribution in [2.24, 2.45) is 0 Å². The van der Waals surface area contributed by atoms with E-state index in [1.807, 2.05) is 0 Å². The van der Waals surface area contributed by atoms with Crippen molar-refractivity contribution >= 4 is 5.97 Å². The average Bonchev–Trinajstić information content (AvgIpc) is 2.58. The lowest BCUT2D eigenvalue weighted by molar-refractivity contribution is -0.891. The Morgan fingerprint density at radius 3 is 1.77 bits per heavy atom. The zero-order valence-electron chi connectivity index (χ0n) is 17.8. The third kappa shape index (κ3) is 17.3. The van der Waals surface area contributed by atoms with Crippen molar-refractivity contribution < 1.29 is 36.1 Å². The van der Waals surface area contributed by atoms with E-state index >= 15 is 0 Å². The van der Waals surface area contributed by atoms with Crippen LogP contribution in [0.15, 0.2) is 0 Å². The fourth-order valence-electron chi connectivity index (χ4n) is 2.99. The number of rotatable bonds is 17. The maximum atomic E-state index is 11.9. The van der Waals surface area contributed by atoms with E-state index in [1.54, 1.807) is 0 Å². The minimum Gasteiger partial charge on any atom is -1.00 e. The van der Waals surface area contributed by atoms with Gasteiger partial charge in [-0.1, -0.05) is 71.1 Å². The van der Waals surface area contributed by atoms with E-state index in [4.69, 9.17) is 4.74 Å². The largest absolute Gasteiger partial charge is 1.00 e. The van der Waals surface area contributed by atoms with Crippen molar-refractivity contribution in [2.45, 2.75) is 97.0 Å². The maximum absolute atomic E-state index is 11.9. The smallest absolute Gasteiger partial charge is 0.306 e. The second-order valence-corrected chi connectivity index (χ2v) is 8.01. The Bertz CT molecular complexity index is 324. The van der Waals surface area contributed by atoms with Crippen molar-refractivity contribution in [2.75, 3.05) is 33.8 Å². The number of ether oxygens (including phenoxy) is 1. The molecule has 0 saturated heterocycles. The third-order valence-corrected chi connectivity index (χ3v) is 5.04. The summed E-state index contributed by atoms with van der Waals surface area (Å²) in [6.07, 6.45) is 14.1. The summed E-state index contributed by atoms with van der Waals surface area (Å²) >= 11 is 0. The van der Waals surface area contributed by atoms with E-state index in [0.29, 0.717) is 13.0 Å². The van der Waals surface area contributed by atoms with Gasteiger partial charge in [-0.3, -0.25) is 4.79 Å². The van der Waals surface area contributed by atoms with Gasteiger partial charge in [-0.05, 0) is 13.3 Å². The van der Waals surface area contributed by atoms with Crippen LogP contribution >= 0.6 is 0 Å². The second kappa shape index (κ2) is 18.2. The second-order valence-electron chi connectivity index (χ2n) is 8.01. The molecule has 0 amide bonds. The minimum atomic E-state index is -0.379. The van der Waals surface area contributed by atoms with E-state index < -0.39 is 0 Å². The molecule has 0 aromatic rings. The fraction of sp³-hybridized carbons (Fsp3) is 0.952. The van der Waals surface area contributed by atoms with Gasteiger partial charge in [-0.15, -0.1) is 0 Å². The van der Waals surface area contributed by atoms with Crippen LogP contribution in [0.5, 0.6) is 0 Å². The summed E-state index contributed by atoms with van der Waals surface area (Å²) in [5.74, 6) is -0.161. The number of nitrogens with zero attached hydrogens (tertiary/aromatic N) is 1. The molecular formula is C21H44BrNO3. The molecule has 0 aromatic carbocycles. The molecule has 0 aliphatic heterocycles. The van der Waals surface area contributed by atoms with Crippen molar-refractivity contribution in [3.8, 4) is 0 Å². The molecule has 1 unspecified atom stereocenters. The van der Waals surface area contributed by atoms with Gasteiger partial charge in [0.25, 0.3) is 0 Å². The molecule has 26 heavy (non-hydrogen) atoms. The van der Waals surface area contributed by atoms with E-state index in [-0.39, 0.29) is 35.7 Å². The lowest BCUT2D eigenvalue weighted by Crippen LogP contribution is -3.00. The van der Waals surface area contributed by atoms with E-state index in [9.17, 15) is 9.90 Å². The molecule has 1 atom stereocenters. The highest BCUT2D eigenvalue weighted by Gasteiger charge is 2.23. The number of quaternary nitrogens is 1. The fourth-order valence-corrected chi connectivity index (χ4v) is 2.99. The molecule has 0 saturated carbocycles. The van der Waals surface area contributed by atoms with E-state index in [1.165, 1.54) is 57.8 Å². The highest BCUT2D eigenvalue weighted by Crippen LogP contribution is 2.12. The number of esters is 1. The summed E-state index contributed by atoms with van der Waals surface area (Å²) in [7, 11) is 4.17. The molecule has 5 heteroatoms. The van der Waals surface area contributed by atoms with Gasteiger partial charge in [0.2, 0.25) is 0 Å². The van der Waals surface area contributed by atoms with E-state index in [0.717, 1.165) is 23.9 Å². The summed E-state index contributed by atoms with van der Waals surface area (Å²) < 4.78 is 6.17. The summed E-state index contributed by atoms with van der Waals surface area (Å²) in [6.45, 7) is 5.88. The van der Waals surface area contributed by atoms with Gasteiger partial charge in [0, 0.05) is 6.42 Å². The van der Waals surface area contributed by atoms with Crippen LogP contribution in [-0.2, 0) is 9.53 Å². The molecule has 0 heterocycles. The van der Waals surface area contributed by atoms with Gasteiger partial charge >= 0.3 is 5.97 Å². The van der Waals surface area contributed by atoms with Crippen LogP contribution in [0.2, 0.25) is 0 Å². The van der Waals surface area contributed by atoms with E-state index in [2.05, 4.69) is 27.9 Å². The first-order valence-electron chi connectivity index (χ1n) is 10.6. The molecule has 0 aliphatic carbocycles. The third-order valence-electron chi connectivity index (χ3n) is 5.04. The van der Waals surface area contributed by atoms with Crippen molar-refractivity contribution in [3.05, 3.63) is 0 Å². The molecule has 0 aliphatic rings. The van der Waals surface area contributed by atoms with Crippen LogP contribution in [-0.4, -0.2) is 55.5 Å². The molecular weight excluding hydrogens is 394 g/mol. The molecule has 4 nitrogen and oxygen atoms in total. The summed E-state index contributed by atoms with van der Waals surface area (Å²) in [6, 6.07) is 0. The van der Waals surface area contributed by atoms with Gasteiger partial charge in [0.05, 0.1) is 27.2 Å². The number of carbonyl (C=O) groups is 1. The first kappa shape index (κ1) is 28.1. The molecule has 158 valence electrons. The standard InChI is InChI=1S/C21H44NO3.BrH/c1-5-7-8-9-10-11-12-13-14-15-16-17-21(24)25-20(19-23)18-22(3,4)6-2;/h20,23H,5-19H2,1-4H3;1H/q+1;/p-1. The Morgan fingerprint density at radius 2 is 1.35 bits per heavy atom. The van der Waals surface area contributed by atoms with Crippen LogP contribution in [0.1, 0.15) is 90.9 Å². The number of hydrogen-bond donors (Lipinski definition) is 1. The molecule has 0 aromatic heterocycles. The highest BCUT2D eigenvalue weighted by atomic mass is 79.9. The Morgan fingerprint density at radius 1 is 0.885 bits per heavy atom. The average molecular weight is 438 g/mol. The van der Waals surface area contributed by atoms with Crippen LogP contribution < -0.4 is 17.0 Å². The van der Waals surface area contributed by atoms with Crippen LogP contribution in [0.3, 0.4) is 0 Å². The zero-order valence-corrected chi connectivity index (χ0v) is 19.4. The van der Waals surface area contributed by atoms with Gasteiger partial charge in [-0.2, -0.15) is 0 Å². The molecule has 0 spiro atoms. The molecule has 0 fully saturated rings. The van der Waals surface area contributed by atoms with Crippen molar-refractivity contribution in [1.29, 1.82) is 0 Å². The summed E-state index contributed by atoms with van der Waals surface area (Å²) in [5.41, 5.74) is 0. The number of aliphatic hydroxyl groups is 1. The van der Waals surface area contributed by atoms with Gasteiger partial charge < -0.3 is 31.3 Å². The van der Waals surface area contributed by atoms with Crippen LogP contribution in [0, 0.1) is 0 Å². The number of hydrogen-bond acceptors (Lipinski definition) is 3. The highest BCUT2D eigenvalue weighted by molar-refractivity contribution is 5.69. The van der Waals surface area contributed by atoms with Crippen LogP contribution in [0.25, 0.3) is 0 Å². The topological polar surface area (TPSA) is 46.5 Å². The number of aliphatic hydroxyl groups excluding tert-OH is 1. The normalized spacial score (nSPS) is 12.5. The Balaban J connectivity index is 0. The Hall–Kier alpha value is -0.130. The first-order chi connectivity index (χ1) is 11.9. The Kier molecular flexibility index (Phi) is 19.7. The molecule has 0 bridgehead atoms. The molecule has 0 radical (unpaired) electrons. The monoisotopic (exact) mass is 437 g/mol. The number of unbranched alkanes of at least 4 members (excludes halogenated alkanes) is 10. The molecule has 0 rings (SSSR count). The lowest BCUT2D eigenvalue weighted by Gasteiger charge is -2.31. The van der Waals surface area contributed by atoms with Crippen molar-refractivity contribution in [3.63, 3.8) is 0 Å². The SMILES string of the molecule is CCCCCCCCCCCCCC(=O)OC(CO)C[N+](C)(C)CC.[Br-]. The summed E-state index contributed by atoms with van der Waals surface area (Å²) in [4.78, 5) is 11.9. The molecule has 1 N–H and O–H groups in total. The number of likely N-dealkylation sites (N-methyl/N-ethyl adjacent to an activating group) is 1. The van der Waals surface area contributed by atoms with Gasteiger partial charge in [-0.25, -0.2) is 0 Å². The van der Waals surface area contributed by atoms with Gasteiger partial charge in [0.15, 0.2) is 6.10 Å².